The summed E-state index contributed by atoms with van der Waals surface area (Å²) in [5, 5.41) is 0.324. The zero-order valence-corrected chi connectivity index (χ0v) is 12.7. The number of carbonyl (C=O) groups is 1. The van der Waals surface area contributed by atoms with Gasteiger partial charge < -0.3 is 10.3 Å². The van der Waals surface area contributed by atoms with Crippen molar-refractivity contribution in [2.75, 3.05) is 12.5 Å². The van der Waals surface area contributed by atoms with E-state index < -0.39 is 0 Å². The highest BCUT2D eigenvalue weighted by molar-refractivity contribution is 6.33. The molecule has 0 spiro atoms. The molecule has 19 heavy (non-hydrogen) atoms. The van der Waals surface area contributed by atoms with Crippen LogP contribution in [-0.2, 0) is 0 Å². The highest BCUT2D eigenvalue weighted by Crippen LogP contribution is 2.25. The summed E-state index contributed by atoms with van der Waals surface area (Å²) in [6, 6.07) is 1.66. The van der Waals surface area contributed by atoms with Crippen LogP contribution in [0.25, 0.3) is 0 Å². The van der Waals surface area contributed by atoms with Crippen LogP contribution >= 0.6 is 11.6 Å². The number of nitrogen functional groups attached to an aromatic ring is 1. The van der Waals surface area contributed by atoms with Crippen LogP contribution in [0.5, 0.6) is 0 Å². The third-order valence-corrected chi connectivity index (χ3v) is 3.67. The standard InChI is InChI=1S/C13H21ClN4O/c1-8(13(2,3)4)18(5)12(19)9-6-10(14)11(17-15)16-7-9/h6-8H,15H2,1-5H3,(H,16,17). The summed E-state index contributed by atoms with van der Waals surface area (Å²) in [6.45, 7) is 8.29. The summed E-state index contributed by atoms with van der Waals surface area (Å²) in [4.78, 5) is 18.1. The second-order valence-corrected chi connectivity index (χ2v) is 6.06. The van der Waals surface area contributed by atoms with Crippen LogP contribution in [0, 0.1) is 5.41 Å². The zero-order chi connectivity index (χ0) is 14.8. The molecular formula is C13H21ClN4O. The van der Waals surface area contributed by atoms with Crippen molar-refractivity contribution in [3.8, 4) is 0 Å². The number of rotatable bonds is 3. The molecule has 5 nitrogen and oxygen atoms in total. The van der Waals surface area contributed by atoms with Crippen molar-refractivity contribution in [1.82, 2.24) is 9.88 Å². The monoisotopic (exact) mass is 284 g/mol. The summed E-state index contributed by atoms with van der Waals surface area (Å²) in [5.41, 5.74) is 2.82. The molecule has 0 fully saturated rings. The van der Waals surface area contributed by atoms with Gasteiger partial charge in [-0.3, -0.25) is 4.79 Å². The first-order chi connectivity index (χ1) is 8.68. The van der Waals surface area contributed by atoms with Gasteiger partial charge >= 0.3 is 0 Å². The van der Waals surface area contributed by atoms with Gasteiger partial charge in [0.15, 0.2) is 5.82 Å². The van der Waals surface area contributed by atoms with Gasteiger partial charge in [-0.2, -0.15) is 0 Å². The highest BCUT2D eigenvalue weighted by Gasteiger charge is 2.27. The number of hydrazine groups is 1. The fraction of sp³-hybridized carbons (Fsp3) is 0.538. The molecule has 6 heteroatoms. The predicted octanol–water partition coefficient (Wildman–Crippen LogP) is 2.53. The number of carbonyl (C=O) groups excluding carboxylic acids is 1. The molecule has 0 aliphatic rings. The lowest BCUT2D eigenvalue weighted by atomic mass is 9.87. The Bertz CT molecular complexity index is 470. The average Bonchev–Trinajstić information content (AvgIpc) is 2.34. The maximum absolute atomic E-state index is 12.4. The van der Waals surface area contributed by atoms with Crippen LogP contribution < -0.4 is 11.3 Å². The zero-order valence-electron chi connectivity index (χ0n) is 12.0. The van der Waals surface area contributed by atoms with Crippen molar-refractivity contribution in [2.45, 2.75) is 33.7 Å². The number of nitrogens with zero attached hydrogens (tertiary/aromatic N) is 2. The van der Waals surface area contributed by atoms with Crippen molar-refractivity contribution in [1.29, 1.82) is 0 Å². The highest BCUT2D eigenvalue weighted by atomic mass is 35.5. The number of hydrogen-bond donors (Lipinski definition) is 2. The van der Waals surface area contributed by atoms with Crippen LogP contribution in [0.4, 0.5) is 5.82 Å². The van der Waals surface area contributed by atoms with Gasteiger partial charge in [-0.15, -0.1) is 0 Å². The molecule has 0 aromatic carbocycles. The molecule has 1 heterocycles. The number of anilines is 1. The van der Waals surface area contributed by atoms with Crippen LogP contribution in [-0.4, -0.2) is 28.9 Å². The van der Waals surface area contributed by atoms with Crippen molar-refractivity contribution in [3.63, 3.8) is 0 Å². The minimum atomic E-state index is -0.111. The molecule has 0 aliphatic carbocycles. The number of nitrogens with one attached hydrogen (secondary N) is 1. The molecule has 1 rings (SSSR count). The SMILES string of the molecule is CC(N(C)C(=O)c1cnc(NN)c(Cl)c1)C(C)(C)C. The number of aromatic nitrogens is 1. The van der Waals surface area contributed by atoms with Crippen molar-refractivity contribution in [3.05, 3.63) is 22.8 Å². The Labute approximate surface area is 119 Å². The minimum Gasteiger partial charge on any atom is -0.338 e. The third-order valence-electron chi connectivity index (χ3n) is 3.38. The van der Waals surface area contributed by atoms with E-state index in [0.29, 0.717) is 16.4 Å². The molecule has 1 aromatic heterocycles. The van der Waals surface area contributed by atoms with Crippen LogP contribution in [0.3, 0.4) is 0 Å². The average molecular weight is 285 g/mol. The van der Waals surface area contributed by atoms with E-state index in [0.717, 1.165) is 0 Å². The van der Waals surface area contributed by atoms with E-state index in [9.17, 15) is 4.79 Å². The molecule has 0 saturated heterocycles. The number of hydrogen-bond acceptors (Lipinski definition) is 4. The van der Waals surface area contributed by atoms with Gasteiger partial charge in [0, 0.05) is 19.3 Å². The summed E-state index contributed by atoms with van der Waals surface area (Å²) in [6.07, 6.45) is 1.47. The van der Waals surface area contributed by atoms with Gasteiger partial charge in [0.2, 0.25) is 0 Å². The van der Waals surface area contributed by atoms with Gasteiger partial charge in [-0.05, 0) is 18.4 Å². The lowest BCUT2D eigenvalue weighted by Gasteiger charge is -2.35. The van der Waals surface area contributed by atoms with Crippen LogP contribution in [0.15, 0.2) is 12.3 Å². The largest absolute Gasteiger partial charge is 0.338 e. The molecule has 1 amide bonds. The smallest absolute Gasteiger partial charge is 0.255 e. The fourth-order valence-corrected chi connectivity index (χ4v) is 1.84. The molecular weight excluding hydrogens is 264 g/mol. The van der Waals surface area contributed by atoms with E-state index in [2.05, 4.69) is 31.2 Å². The van der Waals surface area contributed by atoms with Gasteiger partial charge in [0.25, 0.3) is 5.91 Å². The van der Waals surface area contributed by atoms with E-state index in [-0.39, 0.29) is 17.4 Å². The molecule has 106 valence electrons. The second kappa shape index (κ2) is 5.75. The van der Waals surface area contributed by atoms with E-state index >= 15 is 0 Å². The molecule has 1 unspecified atom stereocenters. The number of nitrogens with two attached hydrogens (primary N) is 1. The topological polar surface area (TPSA) is 71.2 Å². The molecule has 1 atom stereocenters. The lowest BCUT2D eigenvalue weighted by Crippen LogP contribution is -2.43. The Morgan fingerprint density at radius 2 is 2.11 bits per heavy atom. The number of amides is 1. The molecule has 3 N–H and O–H groups in total. The second-order valence-electron chi connectivity index (χ2n) is 5.66. The summed E-state index contributed by atoms with van der Waals surface area (Å²) in [7, 11) is 1.78. The minimum absolute atomic E-state index is 0.000385. The van der Waals surface area contributed by atoms with E-state index in [1.807, 2.05) is 6.92 Å². The lowest BCUT2D eigenvalue weighted by molar-refractivity contribution is 0.0629. The van der Waals surface area contributed by atoms with E-state index in [1.165, 1.54) is 6.20 Å². The molecule has 0 saturated carbocycles. The van der Waals surface area contributed by atoms with Gasteiger partial charge in [0.05, 0.1) is 10.6 Å². The Kier molecular flexibility index (Phi) is 4.76. The predicted molar refractivity (Wildman–Crippen MR) is 78.1 cm³/mol. The molecule has 0 bridgehead atoms. The maximum atomic E-state index is 12.4. The number of halogens is 1. The quantitative estimate of drug-likeness (QED) is 0.661. The summed E-state index contributed by atoms with van der Waals surface area (Å²) < 4.78 is 0. The Morgan fingerprint density at radius 1 is 1.53 bits per heavy atom. The molecule has 1 aromatic rings. The first-order valence-electron chi connectivity index (χ1n) is 6.07. The van der Waals surface area contributed by atoms with Gasteiger partial charge in [-0.25, -0.2) is 10.8 Å². The Hall–Kier alpha value is -1.33. The molecule has 0 radical (unpaired) electrons. The number of pyridine rings is 1. The van der Waals surface area contributed by atoms with Crippen molar-refractivity contribution >= 4 is 23.3 Å². The Balaban J connectivity index is 2.98. The summed E-state index contributed by atoms with van der Waals surface area (Å²) >= 11 is 5.97. The summed E-state index contributed by atoms with van der Waals surface area (Å²) in [5.74, 6) is 5.49. The first kappa shape index (κ1) is 15.7. The van der Waals surface area contributed by atoms with E-state index in [1.54, 1.807) is 18.0 Å². The van der Waals surface area contributed by atoms with Crippen molar-refractivity contribution in [2.24, 2.45) is 11.3 Å². The van der Waals surface area contributed by atoms with Crippen molar-refractivity contribution < 1.29 is 4.79 Å². The maximum Gasteiger partial charge on any atom is 0.255 e. The van der Waals surface area contributed by atoms with E-state index in [4.69, 9.17) is 17.4 Å². The third kappa shape index (κ3) is 3.58. The first-order valence-corrected chi connectivity index (χ1v) is 6.45. The normalized spacial score (nSPS) is 13.0. The van der Waals surface area contributed by atoms with Crippen LogP contribution in [0.1, 0.15) is 38.1 Å². The molecule has 0 aliphatic heterocycles. The Morgan fingerprint density at radius 3 is 2.53 bits per heavy atom. The van der Waals surface area contributed by atoms with Crippen LogP contribution in [0.2, 0.25) is 5.02 Å². The fourth-order valence-electron chi connectivity index (χ4n) is 1.62. The van der Waals surface area contributed by atoms with Gasteiger partial charge in [0.1, 0.15) is 0 Å². The van der Waals surface area contributed by atoms with Gasteiger partial charge in [-0.1, -0.05) is 32.4 Å².